The standard InChI is InChI=1S/C14H15BrFN3O/c1-4-17-13-8(2)14(19-9(3)18-13)20-10-5-6-11(15)12(16)7-10/h5-7H,4H2,1-3H3,(H,17,18,19). The molecule has 0 spiro atoms. The highest BCUT2D eigenvalue weighted by atomic mass is 79.9. The molecule has 0 atom stereocenters. The molecule has 0 fully saturated rings. The van der Waals surface area contributed by atoms with Crippen molar-refractivity contribution >= 4 is 21.7 Å². The van der Waals surface area contributed by atoms with Crippen LogP contribution in [0.25, 0.3) is 0 Å². The first-order valence-corrected chi connectivity index (χ1v) is 7.02. The van der Waals surface area contributed by atoms with Crippen LogP contribution < -0.4 is 10.1 Å². The summed E-state index contributed by atoms with van der Waals surface area (Å²) in [5.41, 5.74) is 0.792. The average Bonchev–Trinajstić information content (AvgIpc) is 2.39. The molecule has 0 unspecified atom stereocenters. The van der Waals surface area contributed by atoms with Gasteiger partial charge in [-0.3, -0.25) is 0 Å². The van der Waals surface area contributed by atoms with Crippen LogP contribution in [-0.2, 0) is 0 Å². The van der Waals surface area contributed by atoms with Gasteiger partial charge in [0.25, 0.3) is 0 Å². The summed E-state index contributed by atoms with van der Waals surface area (Å²) in [6, 6.07) is 4.59. The molecule has 0 aliphatic carbocycles. The normalized spacial score (nSPS) is 10.4. The number of rotatable bonds is 4. The van der Waals surface area contributed by atoms with Crippen LogP contribution in [0.2, 0.25) is 0 Å². The minimum Gasteiger partial charge on any atom is -0.438 e. The largest absolute Gasteiger partial charge is 0.438 e. The van der Waals surface area contributed by atoms with Crippen molar-refractivity contribution in [3.63, 3.8) is 0 Å². The molecule has 106 valence electrons. The van der Waals surface area contributed by atoms with E-state index in [0.29, 0.717) is 21.9 Å². The molecule has 0 aliphatic heterocycles. The van der Waals surface area contributed by atoms with E-state index in [2.05, 4.69) is 31.2 Å². The van der Waals surface area contributed by atoms with Gasteiger partial charge in [0, 0.05) is 12.6 Å². The Morgan fingerprint density at radius 3 is 2.70 bits per heavy atom. The van der Waals surface area contributed by atoms with Gasteiger partial charge in [-0.05, 0) is 48.8 Å². The number of halogens is 2. The molecule has 20 heavy (non-hydrogen) atoms. The smallest absolute Gasteiger partial charge is 0.227 e. The Labute approximate surface area is 125 Å². The molecule has 0 radical (unpaired) electrons. The van der Waals surface area contributed by atoms with E-state index in [4.69, 9.17) is 4.74 Å². The number of hydrogen-bond donors (Lipinski definition) is 1. The van der Waals surface area contributed by atoms with Gasteiger partial charge in [-0.1, -0.05) is 0 Å². The molecule has 0 bridgehead atoms. The van der Waals surface area contributed by atoms with Crippen LogP contribution in [0, 0.1) is 19.7 Å². The maximum absolute atomic E-state index is 13.5. The monoisotopic (exact) mass is 339 g/mol. The van der Waals surface area contributed by atoms with Gasteiger partial charge in [-0.15, -0.1) is 0 Å². The second-order valence-electron chi connectivity index (χ2n) is 4.26. The van der Waals surface area contributed by atoms with E-state index in [1.807, 2.05) is 13.8 Å². The summed E-state index contributed by atoms with van der Waals surface area (Å²) in [5, 5.41) is 3.15. The predicted octanol–water partition coefficient (Wildman–Crippen LogP) is 4.22. The first-order chi connectivity index (χ1) is 9.51. The molecular formula is C14H15BrFN3O. The fraction of sp³-hybridized carbons (Fsp3) is 0.286. The van der Waals surface area contributed by atoms with Gasteiger partial charge in [0.2, 0.25) is 5.88 Å². The van der Waals surface area contributed by atoms with Crippen molar-refractivity contribution in [3.05, 3.63) is 39.9 Å². The lowest BCUT2D eigenvalue weighted by Gasteiger charge is -2.12. The lowest BCUT2D eigenvalue weighted by Crippen LogP contribution is -2.06. The lowest BCUT2D eigenvalue weighted by atomic mass is 10.3. The van der Waals surface area contributed by atoms with Crippen molar-refractivity contribution in [2.24, 2.45) is 0 Å². The molecule has 1 aromatic carbocycles. The molecule has 1 heterocycles. The van der Waals surface area contributed by atoms with Gasteiger partial charge in [-0.2, -0.15) is 4.98 Å². The Hall–Kier alpha value is -1.69. The van der Waals surface area contributed by atoms with Crippen molar-refractivity contribution in [1.29, 1.82) is 0 Å². The van der Waals surface area contributed by atoms with E-state index in [9.17, 15) is 4.39 Å². The van der Waals surface area contributed by atoms with Gasteiger partial charge in [0.05, 0.1) is 10.0 Å². The summed E-state index contributed by atoms with van der Waals surface area (Å²) in [7, 11) is 0. The zero-order chi connectivity index (χ0) is 14.7. The first kappa shape index (κ1) is 14.7. The second-order valence-corrected chi connectivity index (χ2v) is 5.11. The molecule has 1 N–H and O–H groups in total. The maximum atomic E-state index is 13.5. The Morgan fingerprint density at radius 2 is 2.05 bits per heavy atom. The zero-order valence-corrected chi connectivity index (χ0v) is 13.1. The number of nitrogens with zero attached hydrogens (tertiary/aromatic N) is 2. The molecule has 0 aliphatic rings. The number of hydrogen-bond acceptors (Lipinski definition) is 4. The number of anilines is 1. The van der Waals surface area contributed by atoms with Crippen molar-refractivity contribution in [2.45, 2.75) is 20.8 Å². The molecule has 0 amide bonds. The summed E-state index contributed by atoms with van der Waals surface area (Å²) < 4.78 is 19.5. The number of benzene rings is 1. The van der Waals surface area contributed by atoms with Crippen molar-refractivity contribution in [2.75, 3.05) is 11.9 Å². The van der Waals surface area contributed by atoms with Gasteiger partial charge < -0.3 is 10.1 Å². The fourth-order valence-corrected chi connectivity index (χ4v) is 1.94. The van der Waals surface area contributed by atoms with Crippen molar-refractivity contribution in [1.82, 2.24) is 9.97 Å². The molecular weight excluding hydrogens is 325 g/mol. The molecule has 4 nitrogen and oxygen atoms in total. The summed E-state index contributed by atoms with van der Waals surface area (Å²) in [4.78, 5) is 8.57. The highest BCUT2D eigenvalue weighted by Crippen LogP contribution is 2.29. The van der Waals surface area contributed by atoms with Gasteiger partial charge in [0.1, 0.15) is 23.2 Å². The van der Waals surface area contributed by atoms with Crippen LogP contribution in [0.5, 0.6) is 11.6 Å². The Bertz CT molecular complexity index is 634. The SMILES string of the molecule is CCNc1nc(C)nc(Oc2ccc(Br)c(F)c2)c1C. The average molecular weight is 340 g/mol. The highest BCUT2D eigenvalue weighted by molar-refractivity contribution is 9.10. The first-order valence-electron chi connectivity index (χ1n) is 6.23. The van der Waals surface area contributed by atoms with E-state index < -0.39 is 0 Å². The van der Waals surface area contributed by atoms with Crippen LogP contribution in [-0.4, -0.2) is 16.5 Å². The molecule has 0 saturated carbocycles. The summed E-state index contributed by atoms with van der Waals surface area (Å²) in [6.07, 6.45) is 0. The van der Waals surface area contributed by atoms with Crippen LogP contribution in [0.3, 0.4) is 0 Å². The minimum atomic E-state index is -0.377. The van der Waals surface area contributed by atoms with Gasteiger partial charge in [-0.25, -0.2) is 9.37 Å². The van der Waals surface area contributed by atoms with Crippen molar-refractivity contribution < 1.29 is 9.13 Å². The van der Waals surface area contributed by atoms with E-state index in [-0.39, 0.29) is 5.82 Å². The third-order valence-corrected chi connectivity index (χ3v) is 3.31. The number of aryl methyl sites for hydroxylation is 1. The number of ether oxygens (including phenoxy) is 1. The highest BCUT2D eigenvalue weighted by Gasteiger charge is 2.11. The van der Waals surface area contributed by atoms with E-state index in [1.54, 1.807) is 19.1 Å². The Morgan fingerprint density at radius 1 is 1.30 bits per heavy atom. The topological polar surface area (TPSA) is 47.0 Å². The Balaban J connectivity index is 2.35. The third-order valence-electron chi connectivity index (χ3n) is 2.66. The van der Waals surface area contributed by atoms with Gasteiger partial charge >= 0.3 is 0 Å². The third kappa shape index (κ3) is 3.25. The van der Waals surface area contributed by atoms with E-state index >= 15 is 0 Å². The number of nitrogens with one attached hydrogen (secondary N) is 1. The molecule has 2 aromatic rings. The summed E-state index contributed by atoms with van der Waals surface area (Å²) >= 11 is 3.11. The zero-order valence-electron chi connectivity index (χ0n) is 11.5. The second kappa shape index (κ2) is 6.17. The van der Waals surface area contributed by atoms with E-state index in [1.165, 1.54) is 6.07 Å². The quantitative estimate of drug-likeness (QED) is 0.905. The van der Waals surface area contributed by atoms with Crippen LogP contribution in [0.1, 0.15) is 18.3 Å². The lowest BCUT2D eigenvalue weighted by molar-refractivity contribution is 0.451. The summed E-state index contributed by atoms with van der Waals surface area (Å²) in [6.45, 7) is 6.39. The summed E-state index contributed by atoms with van der Waals surface area (Å²) in [5.74, 6) is 1.77. The fourth-order valence-electron chi connectivity index (χ4n) is 1.69. The van der Waals surface area contributed by atoms with Crippen LogP contribution >= 0.6 is 15.9 Å². The minimum absolute atomic E-state index is 0.377. The van der Waals surface area contributed by atoms with Crippen molar-refractivity contribution in [3.8, 4) is 11.6 Å². The van der Waals surface area contributed by atoms with Crippen LogP contribution in [0.15, 0.2) is 22.7 Å². The molecule has 2 rings (SSSR count). The molecule has 0 saturated heterocycles. The Kier molecular flexibility index (Phi) is 4.54. The predicted molar refractivity (Wildman–Crippen MR) is 79.8 cm³/mol. The molecule has 6 heteroatoms. The maximum Gasteiger partial charge on any atom is 0.227 e. The number of aromatic nitrogens is 2. The molecule has 1 aromatic heterocycles. The van der Waals surface area contributed by atoms with E-state index in [0.717, 1.165) is 17.9 Å². The van der Waals surface area contributed by atoms with Gasteiger partial charge in [0.15, 0.2) is 0 Å². The van der Waals surface area contributed by atoms with Crippen LogP contribution in [0.4, 0.5) is 10.2 Å².